The highest BCUT2D eigenvalue weighted by atomic mass is 31.2. The number of amides is 1. The van der Waals surface area contributed by atoms with Crippen LogP contribution in [0.3, 0.4) is 0 Å². The highest BCUT2D eigenvalue weighted by molar-refractivity contribution is 7.55. The predicted molar refractivity (Wildman–Crippen MR) is 110 cm³/mol. The maximum atomic E-state index is 13.4. The third-order valence-electron chi connectivity index (χ3n) is 4.58. The van der Waals surface area contributed by atoms with Crippen LogP contribution in [0.4, 0.5) is 4.79 Å². The normalized spacial score (nSPS) is 20.0. The van der Waals surface area contributed by atoms with Crippen molar-refractivity contribution in [2.75, 3.05) is 19.8 Å². The Bertz CT molecular complexity index is 700. The molecule has 0 N–H and O–H groups in total. The summed E-state index contributed by atoms with van der Waals surface area (Å²) in [6.07, 6.45) is 1.62. The Kier molecular flexibility index (Phi) is 8.67. The van der Waals surface area contributed by atoms with Crippen LogP contribution in [0.15, 0.2) is 35.4 Å². The molecule has 1 aliphatic rings. The molecule has 1 heterocycles. The van der Waals surface area contributed by atoms with Gasteiger partial charge in [-0.3, -0.25) is 4.57 Å². The van der Waals surface area contributed by atoms with Gasteiger partial charge in [0.25, 0.3) is 0 Å². The van der Waals surface area contributed by atoms with Gasteiger partial charge in [0.2, 0.25) is 0 Å². The van der Waals surface area contributed by atoms with E-state index in [0.717, 1.165) is 18.4 Å². The van der Waals surface area contributed by atoms with Gasteiger partial charge >= 0.3 is 13.7 Å². The molecule has 0 spiro atoms. The van der Waals surface area contributed by atoms with Crippen molar-refractivity contribution < 1.29 is 23.1 Å². The molecule has 28 heavy (non-hydrogen) atoms. The molecule has 156 valence electrons. The highest BCUT2D eigenvalue weighted by Gasteiger charge is 2.45. The van der Waals surface area contributed by atoms with Gasteiger partial charge in [-0.05, 0) is 39.2 Å². The lowest BCUT2D eigenvalue weighted by Crippen LogP contribution is -2.41. The Labute approximate surface area is 167 Å². The number of carbonyl (C=O) groups excluding carboxylic acids is 1. The van der Waals surface area contributed by atoms with Crippen LogP contribution in [-0.2, 0) is 18.3 Å². The molecule has 2 rings (SSSR count). The molecular formula is C20H31N2O5P. The van der Waals surface area contributed by atoms with Crippen LogP contribution in [0.1, 0.15) is 58.6 Å². The number of unbranched alkanes of at least 4 members (excludes halogenated alkanes) is 1. The summed E-state index contributed by atoms with van der Waals surface area (Å²) in [5, 5.41) is 5.83. The number of carbonyl (C=O) groups is 1. The lowest BCUT2D eigenvalue weighted by molar-refractivity contribution is 0.0803. The first-order valence-corrected chi connectivity index (χ1v) is 11.5. The van der Waals surface area contributed by atoms with E-state index in [1.807, 2.05) is 37.3 Å². The number of hydrazone groups is 1. The molecule has 1 aromatic rings. The van der Waals surface area contributed by atoms with E-state index < -0.39 is 25.4 Å². The van der Waals surface area contributed by atoms with E-state index in [1.165, 1.54) is 5.01 Å². The number of benzene rings is 1. The molecule has 0 radical (unpaired) electrons. The molecule has 1 aliphatic heterocycles. The largest absolute Gasteiger partial charge is 0.448 e. The van der Waals surface area contributed by atoms with Gasteiger partial charge in [-0.25, -0.2) is 4.79 Å². The Hall–Kier alpha value is -1.69. The second-order valence-electron chi connectivity index (χ2n) is 6.61. The van der Waals surface area contributed by atoms with Crippen molar-refractivity contribution in [3.05, 3.63) is 35.9 Å². The van der Waals surface area contributed by atoms with Crippen molar-refractivity contribution in [2.45, 2.75) is 58.7 Å². The summed E-state index contributed by atoms with van der Waals surface area (Å²) in [5.74, 6) is 0. The van der Waals surface area contributed by atoms with E-state index in [9.17, 15) is 9.36 Å². The Morgan fingerprint density at radius 2 is 1.82 bits per heavy atom. The van der Waals surface area contributed by atoms with Crippen LogP contribution in [-0.4, -0.2) is 42.3 Å². The lowest BCUT2D eigenvalue weighted by Gasteiger charge is -2.37. The van der Waals surface area contributed by atoms with Crippen molar-refractivity contribution in [3.8, 4) is 0 Å². The topological polar surface area (TPSA) is 77.4 Å². The van der Waals surface area contributed by atoms with Gasteiger partial charge in [-0.2, -0.15) is 10.1 Å². The van der Waals surface area contributed by atoms with Crippen LogP contribution in [0.25, 0.3) is 0 Å². The zero-order chi connectivity index (χ0) is 20.6. The number of nitrogens with zero attached hydrogens (tertiary/aromatic N) is 2. The van der Waals surface area contributed by atoms with E-state index in [2.05, 4.69) is 5.10 Å². The van der Waals surface area contributed by atoms with E-state index >= 15 is 0 Å². The molecular weight excluding hydrogens is 379 g/mol. The summed E-state index contributed by atoms with van der Waals surface area (Å²) in [6.45, 7) is 8.26. The van der Waals surface area contributed by atoms with E-state index in [1.54, 1.807) is 20.8 Å². The smallest absolute Gasteiger partial charge is 0.430 e. The fourth-order valence-electron chi connectivity index (χ4n) is 3.21. The average molecular weight is 410 g/mol. The van der Waals surface area contributed by atoms with Gasteiger partial charge < -0.3 is 13.8 Å². The van der Waals surface area contributed by atoms with Gasteiger partial charge in [0.05, 0.1) is 31.6 Å². The van der Waals surface area contributed by atoms with Gasteiger partial charge in [0, 0.05) is 0 Å². The first-order chi connectivity index (χ1) is 13.5. The minimum atomic E-state index is -3.40. The van der Waals surface area contributed by atoms with Crippen molar-refractivity contribution in [2.24, 2.45) is 5.10 Å². The molecule has 0 bridgehead atoms. The summed E-state index contributed by atoms with van der Waals surface area (Å²) < 4.78 is 29.9. The van der Waals surface area contributed by atoms with E-state index in [0.29, 0.717) is 18.7 Å². The summed E-state index contributed by atoms with van der Waals surface area (Å²) in [4.78, 5) is 12.7. The second kappa shape index (κ2) is 10.7. The number of ether oxygens (including phenoxy) is 1. The molecule has 1 amide bonds. The minimum absolute atomic E-state index is 0.278. The molecule has 2 atom stereocenters. The van der Waals surface area contributed by atoms with Crippen LogP contribution in [0.2, 0.25) is 0 Å². The summed E-state index contributed by atoms with van der Waals surface area (Å²) >= 11 is 0. The SMILES string of the molecule is CCCCOC(=O)N1N=C(C)[C@@H](P(=O)(OCC)OCC)C[C@H]1c1ccccc1. The number of rotatable bonds is 9. The highest BCUT2D eigenvalue weighted by Crippen LogP contribution is 2.57. The van der Waals surface area contributed by atoms with Crippen molar-refractivity contribution in [1.82, 2.24) is 5.01 Å². The lowest BCUT2D eigenvalue weighted by atomic mass is 9.98. The van der Waals surface area contributed by atoms with Gasteiger partial charge in [0.1, 0.15) is 5.66 Å². The molecule has 0 aliphatic carbocycles. The predicted octanol–water partition coefficient (Wildman–Crippen LogP) is 5.38. The number of hydrogen-bond donors (Lipinski definition) is 0. The monoisotopic (exact) mass is 410 g/mol. The van der Waals surface area contributed by atoms with Crippen LogP contribution < -0.4 is 0 Å². The summed E-state index contributed by atoms with van der Waals surface area (Å²) in [6, 6.07) is 9.17. The maximum absolute atomic E-state index is 13.4. The molecule has 0 saturated carbocycles. The molecule has 0 unspecified atom stereocenters. The molecule has 0 saturated heterocycles. The number of hydrogen-bond acceptors (Lipinski definition) is 6. The first-order valence-electron chi connectivity index (χ1n) is 9.91. The fourth-order valence-corrected chi connectivity index (χ4v) is 5.34. The Balaban J connectivity index is 2.37. The van der Waals surface area contributed by atoms with Crippen LogP contribution in [0, 0.1) is 0 Å². The molecule has 0 aromatic heterocycles. The maximum Gasteiger partial charge on any atom is 0.430 e. The van der Waals surface area contributed by atoms with E-state index in [-0.39, 0.29) is 13.2 Å². The standard InChI is InChI=1S/C20H31N2O5P/c1-5-8-14-25-20(23)22-18(17-12-10-9-11-13-17)15-19(16(4)21-22)28(24,26-6-2)27-7-3/h9-13,18-19H,5-8,14-15H2,1-4H3/t18-,19-/m0/s1. The zero-order valence-electron chi connectivity index (χ0n) is 17.2. The summed E-state index contributed by atoms with van der Waals surface area (Å²) in [5.41, 5.74) is 0.929. The van der Waals surface area contributed by atoms with Crippen molar-refractivity contribution >= 4 is 19.4 Å². The average Bonchev–Trinajstić information content (AvgIpc) is 2.68. The van der Waals surface area contributed by atoms with Gasteiger partial charge in [-0.15, -0.1) is 0 Å². The zero-order valence-corrected chi connectivity index (χ0v) is 18.1. The Morgan fingerprint density at radius 3 is 2.39 bits per heavy atom. The van der Waals surface area contributed by atoms with Gasteiger partial charge in [-0.1, -0.05) is 43.7 Å². The third-order valence-corrected chi connectivity index (χ3v) is 7.17. The minimum Gasteiger partial charge on any atom is -0.448 e. The molecule has 1 aromatic carbocycles. The second-order valence-corrected chi connectivity index (χ2v) is 8.83. The van der Waals surface area contributed by atoms with E-state index in [4.69, 9.17) is 13.8 Å². The molecule has 0 fully saturated rings. The first kappa shape index (κ1) is 22.6. The third kappa shape index (κ3) is 5.43. The van der Waals surface area contributed by atoms with Crippen LogP contribution >= 0.6 is 7.60 Å². The van der Waals surface area contributed by atoms with Crippen LogP contribution in [0.5, 0.6) is 0 Å². The van der Waals surface area contributed by atoms with Gasteiger partial charge in [0.15, 0.2) is 0 Å². The molecule has 8 heteroatoms. The Morgan fingerprint density at radius 1 is 1.18 bits per heavy atom. The molecule has 7 nitrogen and oxygen atoms in total. The fraction of sp³-hybridized carbons (Fsp3) is 0.600. The van der Waals surface area contributed by atoms with Crippen molar-refractivity contribution in [3.63, 3.8) is 0 Å². The summed E-state index contributed by atoms with van der Waals surface area (Å²) in [7, 11) is -3.40. The quantitative estimate of drug-likeness (QED) is 0.403. The van der Waals surface area contributed by atoms with Crippen molar-refractivity contribution in [1.29, 1.82) is 0 Å².